The second-order valence-electron chi connectivity index (χ2n) is 5.78. The summed E-state index contributed by atoms with van der Waals surface area (Å²) in [6, 6.07) is 6.08. The molecule has 0 saturated heterocycles. The molecule has 5 nitrogen and oxygen atoms in total. The lowest BCUT2D eigenvalue weighted by Gasteiger charge is -2.37. The molecule has 1 aliphatic rings. The molecule has 1 N–H and O–H groups in total. The van der Waals surface area contributed by atoms with Crippen molar-refractivity contribution in [3.63, 3.8) is 0 Å². The Morgan fingerprint density at radius 1 is 1.48 bits per heavy atom. The van der Waals surface area contributed by atoms with Gasteiger partial charge in [0.15, 0.2) is 0 Å². The highest BCUT2D eigenvalue weighted by Crippen LogP contribution is 2.40. The van der Waals surface area contributed by atoms with E-state index in [9.17, 15) is 4.79 Å². The van der Waals surface area contributed by atoms with Crippen LogP contribution in [0.25, 0.3) is 0 Å². The van der Waals surface area contributed by atoms with Crippen molar-refractivity contribution in [2.45, 2.75) is 38.3 Å². The minimum atomic E-state index is -0.277. The van der Waals surface area contributed by atoms with Gasteiger partial charge in [0, 0.05) is 24.1 Å². The predicted molar refractivity (Wildman–Crippen MR) is 79.7 cm³/mol. The van der Waals surface area contributed by atoms with Crippen LogP contribution in [0.3, 0.4) is 0 Å². The maximum atomic E-state index is 11.1. The van der Waals surface area contributed by atoms with Crippen molar-refractivity contribution in [1.29, 1.82) is 0 Å². The lowest BCUT2D eigenvalue weighted by atomic mass is 9.90. The molecule has 0 amide bonds. The molecule has 0 aliphatic carbocycles. The van der Waals surface area contributed by atoms with Crippen LogP contribution in [-0.2, 0) is 9.53 Å². The fourth-order valence-corrected chi connectivity index (χ4v) is 2.53. The van der Waals surface area contributed by atoms with Crippen LogP contribution in [0.5, 0.6) is 11.5 Å². The summed E-state index contributed by atoms with van der Waals surface area (Å²) in [5.74, 6) is 1.26. The summed E-state index contributed by atoms with van der Waals surface area (Å²) in [5.41, 5.74) is 0.919. The van der Waals surface area contributed by atoms with E-state index in [2.05, 4.69) is 23.9 Å². The molecule has 0 aromatic heterocycles. The van der Waals surface area contributed by atoms with Crippen LogP contribution in [0.1, 0.15) is 38.3 Å². The fraction of sp³-hybridized carbons (Fsp3) is 0.562. The van der Waals surface area contributed by atoms with Crippen molar-refractivity contribution in [1.82, 2.24) is 5.32 Å². The van der Waals surface area contributed by atoms with Crippen molar-refractivity contribution >= 4 is 5.97 Å². The Kier molecular flexibility index (Phi) is 4.73. The van der Waals surface area contributed by atoms with E-state index in [1.165, 1.54) is 7.11 Å². The minimum Gasteiger partial charge on any atom is -0.493 e. The molecule has 1 unspecified atom stereocenters. The molecule has 116 valence electrons. The smallest absolute Gasteiger partial charge is 0.308 e. The van der Waals surface area contributed by atoms with Gasteiger partial charge >= 0.3 is 5.97 Å². The van der Waals surface area contributed by atoms with E-state index in [1.54, 1.807) is 0 Å². The summed E-state index contributed by atoms with van der Waals surface area (Å²) >= 11 is 0. The van der Waals surface area contributed by atoms with Gasteiger partial charge in [-0.25, -0.2) is 0 Å². The van der Waals surface area contributed by atoms with E-state index in [-0.39, 0.29) is 24.0 Å². The van der Waals surface area contributed by atoms with Crippen LogP contribution < -0.4 is 14.8 Å². The first-order chi connectivity index (χ1) is 9.95. The number of rotatable bonds is 5. The highest BCUT2D eigenvalue weighted by Gasteiger charge is 2.33. The van der Waals surface area contributed by atoms with Gasteiger partial charge in [0.1, 0.15) is 17.1 Å². The summed E-state index contributed by atoms with van der Waals surface area (Å²) in [6.07, 6.45) is 1.15. The van der Waals surface area contributed by atoms with Crippen LogP contribution >= 0.6 is 0 Å². The standard InChI is InChI=1S/C16H23NO4/c1-16(2)10-13(17-3)12-6-5-11(9-14(12)21-16)20-8-7-15(18)19-4/h5-6,9,13,17H,7-8,10H2,1-4H3. The molecule has 1 atom stereocenters. The van der Waals surface area contributed by atoms with Gasteiger partial charge in [0.2, 0.25) is 0 Å². The number of carbonyl (C=O) groups is 1. The van der Waals surface area contributed by atoms with E-state index in [0.29, 0.717) is 12.4 Å². The van der Waals surface area contributed by atoms with Gasteiger partial charge in [0.25, 0.3) is 0 Å². The average Bonchev–Trinajstić information content (AvgIpc) is 2.44. The second kappa shape index (κ2) is 6.35. The molecule has 21 heavy (non-hydrogen) atoms. The molecule has 2 rings (SSSR count). The first-order valence-corrected chi connectivity index (χ1v) is 7.15. The number of carbonyl (C=O) groups excluding carboxylic acids is 1. The van der Waals surface area contributed by atoms with Crippen molar-refractivity contribution < 1.29 is 19.0 Å². The minimum absolute atomic E-state index is 0.217. The summed E-state index contributed by atoms with van der Waals surface area (Å²) < 4.78 is 16.2. The number of ether oxygens (including phenoxy) is 3. The van der Waals surface area contributed by atoms with Crippen LogP contribution in [0.4, 0.5) is 0 Å². The van der Waals surface area contributed by atoms with Crippen molar-refractivity contribution in [3.05, 3.63) is 23.8 Å². The maximum Gasteiger partial charge on any atom is 0.308 e. The molecule has 1 aliphatic heterocycles. The van der Waals surface area contributed by atoms with E-state index >= 15 is 0 Å². The molecule has 0 bridgehead atoms. The van der Waals surface area contributed by atoms with Gasteiger partial charge in [0.05, 0.1) is 20.1 Å². The summed E-state index contributed by atoms with van der Waals surface area (Å²) in [5, 5.41) is 3.32. The molecule has 0 spiro atoms. The molecule has 1 aromatic rings. The lowest BCUT2D eigenvalue weighted by molar-refractivity contribution is -0.141. The van der Waals surface area contributed by atoms with Gasteiger partial charge in [-0.1, -0.05) is 6.07 Å². The zero-order valence-electron chi connectivity index (χ0n) is 13.1. The quantitative estimate of drug-likeness (QED) is 0.845. The zero-order chi connectivity index (χ0) is 15.5. The van der Waals surface area contributed by atoms with Crippen LogP contribution in [0.2, 0.25) is 0 Å². The second-order valence-corrected chi connectivity index (χ2v) is 5.78. The topological polar surface area (TPSA) is 56.8 Å². The van der Waals surface area contributed by atoms with Gasteiger partial charge in [-0.2, -0.15) is 0 Å². The number of methoxy groups -OCH3 is 1. The third-order valence-corrected chi connectivity index (χ3v) is 3.59. The number of fused-ring (bicyclic) bond motifs is 1. The van der Waals surface area contributed by atoms with Gasteiger partial charge < -0.3 is 19.5 Å². The van der Waals surface area contributed by atoms with E-state index in [1.807, 2.05) is 25.2 Å². The normalized spacial score (nSPS) is 19.3. The molecule has 1 heterocycles. The SMILES string of the molecule is CNC1CC(C)(C)Oc2cc(OCCC(=O)OC)ccc21. The Morgan fingerprint density at radius 3 is 2.90 bits per heavy atom. The highest BCUT2D eigenvalue weighted by atomic mass is 16.5. The number of hydrogen-bond acceptors (Lipinski definition) is 5. The highest BCUT2D eigenvalue weighted by molar-refractivity contribution is 5.69. The number of esters is 1. The van der Waals surface area contributed by atoms with Crippen LogP contribution in [-0.4, -0.2) is 32.3 Å². The zero-order valence-corrected chi connectivity index (χ0v) is 13.1. The van der Waals surface area contributed by atoms with E-state index in [0.717, 1.165) is 17.7 Å². The van der Waals surface area contributed by atoms with Crippen molar-refractivity contribution in [2.24, 2.45) is 0 Å². The number of hydrogen-bond donors (Lipinski definition) is 1. The first kappa shape index (κ1) is 15.6. The molecule has 0 fully saturated rings. The van der Waals surface area contributed by atoms with Gasteiger partial charge in [-0.3, -0.25) is 4.79 Å². The van der Waals surface area contributed by atoms with E-state index < -0.39 is 0 Å². The van der Waals surface area contributed by atoms with Crippen molar-refractivity contribution in [3.8, 4) is 11.5 Å². The predicted octanol–water partition coefficient (Wildman–Crippen LogP) is 2.45. The number of nitrogens with one attached hydrogen (secondary N) is 1. The monoisotopic (exact) mass is 293 g/mol. The van der Waals surface area contributed by atoms with Gasteiger partial charge in [-0.15, -0.1) is 0 Å². The molecular weight excluding hydrogens is 270 g/mol. The Labute approximate surface area is 125 Å². The summed E-state index contributed by atoms with van der Waals surface area (Å²) in [4.78, 5) is 11.1. The maximum absolute atomic E-state index is 11.1. The fourth-order valence-electron chi connectivity index (χ4n) is 2.53. The van der Waals surface area contributed by atoms with Crippen LogP contribution in [0, 0.1) is 0 Å². The molecule has 0 saturated carbocycles. The molecular formula is C16H23NO4. The third-order valence-electron chi connectivity index (χ3n) is 3.59. The molecule has 1 aromatic carbocycles. The third kappa shape index (κ3) is 3.88. The molecule has 0 radical (unpaired) electrons. The van der Waals surface area contributed by atoms with Crippen molar-refractivity contribution in [2.75, 3.05) is 20.8 Å². The van der Waals surface area contributed by atoms with E-state index in [4.69, 9.17) is 9.47 Å². The average molecular weight is 293 g/mol. The Bertz CT molecular complexity index is 513. The van der Waals surface area contributed by atoms with Gasteiger partial charge in [-0.05, 0) is 27.0 Å². The molecule has 5 heteroatoms. The van der Waals surface area contributed by atoms with Crippen LogP contribution in [0.15, 0.2) is 18.2 Å². The lowest BCUT2D eigenvalue weighted by Crippen LogP contribution is -2.38. The Morgan fingerprint density at radius 2 is 2.24 bits per heavy atom. The Hall–Kier alpha value is -1.75. The largest absolute Gasteiger partial charge is 0.493 e. The number of benzene rings is 1. The summed E-state index contributed by atoms with van der Waals surface area (Å²) in [6.45, 7) is 4.44. The summed E-state index contributed by atoms with van der Waals surface area (Å²) in [7, 11) is 3.33. The Balaban J connectivity index is 2.09. The first-order valence-electron chi connectivity index (χ1n) is 7.15.